The van der Waals surface area contributed by atoms with Crippen LogP contribution in [0.25, 0.3) is 0 Å². The first-order valence-electron chi connectivity index (χ1n) is 9.75. The monoisotopic (exact) mass is 386 g/mol. The lowest BCUT2D eigenvalue weighted by molar-refractivity contribution is -0.129. The number of piperidine rings is 1. The third-order valence-corrected chi connectivity index (χ3v) is 5.99. The van der Waals surface area contributed by atoms with Crippen molar-refractivity contribution in [1.29, 1.82) is 0 Å². The standard InChI is InChI=1S/C21H30N4OS/c1-23(2)12-7-14-24-15-11-22-21(24)18-8-6-13-25(16-18)20(26)17-27-19-9-4-3-5-10-19/h3-5,9-11,15,18H,6-8,12-14,16-17H2,1-2H3. The van der Waals surface area contributed by atoms with E-state index in [0.717, 1.165) is 56.2 Å². The summed E-state index contributed by atoms with van der Waals surface area (Å²) in [7, 11) is 4.21. The first-order valence-corrected chi connectivity index (χ1v) is 10.7. The second-order valence-corrected chi connectivity index (χ2v) is 8.47. The Morgan fingerprint density at radius 3 is 2.89 bits per heavy atom. The predicted molar refractivity (Wildman–Crippen MR) is 111 cm³/mol. The van der Waals surface area contributed by atoms with Gasteiger partial charge in [-0.05, 0) is 52.0 Å². The minimum absolute atomic E-state index is 0.235. The summed E-state index contributed by atoms with van der Waals surface area (Å²) in [6.07, 6.45) is 7.25. The maximum atomic E-state index is 12.7. The van der Waals surface area contributed by atoms with Crippen LogP contribution in [0.3, 0.4) is 0 Å². The molecule has 2 heterocycles. The molecule has 1 fully saturated rings. The van der Waals surface area contributed by atoms with E-state index in [9.17, 15) is 4.79 Å². The van der Waals surface area contributed by atoms with Crippen molar-refractivity contribution in [2.45, 2.75) is 36.6 Å². The van der Waals surface area contributed by atoms with Gasteiger partial charge in [0.1, 0.15) is 5.82 Å². The number of imidazole rings is 1. The Morgan fingerprint density at radius 2 is 2.11 bits per heavy atom. The van der Waals surface area contributed by atoms with Gasteiger partial charge in [-0.3, -0.25) is 4.79 Å². The first kappa shape index (κ1) is 20.0. The molecule has 0 saturated carbocycles. The first-order chi connectivity index (χ1) is 13.1. The second kappa shape index (κ2) is 9.95. The average Bonchev–Trinajstić information content (AvgIpc) is 3.15. The van der Waals surface area contributed by atoms with E-state index in [4.69, 9.17) is 0 Å². The summed E-state index contributed by atoms with van der Waals surface area (Å²) in [6, 6.07) is 10.1. The number of aromatic nitrogens is 2. The second-order valence-electron chi connectivity index (χ2n) is 7.42. The lowest BCUT2D eigenvalue weighted by atomic mass is 9.97. The van der Waals surface area contributed by atoms with Crippen LogP contribution in [0.15, 0.2) is 47.6 Å². The fourth-order valence-corrected chi connectivity index (χ4v) is 4.42. The molecule has 0 bridgehead atoms. The normalized spacial score (nSPS) is 17.4. The number of rotatable bonds is 8. The van der Waals surface area contributed by atoms with Crippen LogP contribution in [0.2, 0.25) is 0 Å². The van der Waals surface area contributed by atoms with Crippen LogP contribution in [0.1, 0.15) is 31.0 Å². The summed E-state index contributed by atoms with van der Waals surface area (Å²) in [5.41, 5.74) is 0. The fraction of sp³-hybridized carbons (Fsp3) is 0.524. The molecule has 1 aliphatic rings. The number of hydrogen-bond donors (Lipinski definition) is 0. The molecule has 6 heteroatoms. The molecule has 3 rings (SSSR count). The molecule has 0 spiro atoms. The molecule has 0 aliphatic carbocycles. The summed E-state index contributed by atoms with van der Waals surface area (Å²) in [4.78, 5) is 22.7. The summed E-state index contributed by atoms with van der Waals surface area (Å²) >= 11 is 1.62. The topological polar surface area (TPSA) is 41.4 Å². The molecule has 0 radical (unpaired) electrons. The number of benzene rings is 1. The molecule has 1 aliphatic heterocycles. The number of aryl methyl sites for hydroxylation is 1. The Kier molecular flexibility index (Phi) is 7.35. The van der Waals surface area contributed by atoms with Gasteiger partial charge in [0.25, 0.3) is 0 Å². The highest BCUT2D eigenvalue weighted by Crippen LogP contribution is 2.27. The lowest BCUT2D eigenvalue weighted by Gasteiger charge is -2.32. The lowest BCUT2D eigenvalue weighted by Crippen LogP contribution is -2.40. The predicted octanol–water partition coefficient (Wildman–Crippen LogP) is 3.33. The van der Waals surface area contributed by atoms with Crippen LogP contribution < -0.4 is 0 Å². The third-order valence-electron chi connectivity index (χ3n) is 5.00. The van der Waals surface area contributed by atoms with Crippen molar-refractivity contribution >= 4 is 17.7 Å². The highest BCUT2D eigenvalue weighted by molar-refractivity contribution is 8.00. The summed E-state index contributed by atoms with van der Waals surface area (Å²) in [5.74, 6) is 2.23. The van der Waals surface area contributed by atoms with E-state index >= 15 is 0 Å². The van der Waals surface area contributed by atoms with Gasteiger partial charge >= 0.3 is 0 Å². The number of carbonyl (C=O) groups is 1. The molecule has 27 heavy (non-hydrogen) atoms. The maximum absolute atomic E-state index is 12.7. The van der Waals surface area contributed by atoms with Gasteiger partial charge in [-0.2, -0.15) is 0 Å². The Bertz CT molecular complexity index is 716. The van der Waals surface area contributed by atoms with Crippen LogP contribution in [0.5, 0.6) is 0 Å². The van der Waals surface area contributed by atoms with Crippen molar-refractivity contribution in [2.75, 3.05) is 39.5 Å². The van der Waals surface area contributed by atoms with Gasteiger partial charge in [-0.25, -0.2) is 4.98 Å². The smallest absolute Gasteiger partial charge is 0.232 e. The van der Waals surface area contributed by atoms with E-state index in [2.05, 4.69) is 46.9 Å². The number of nitrogens with zero attached hydrogens (tertiary/aromatic N) is 4. The summed E-state index contributed by atoms with van der Waals surface area (Å²) < 4.78 is 2.28. The highest BCUT2D eigenvalue weighted by atomic mass is 32.2. The van der Waals surface area contributed by atoms with Gasteiger partial charge in [-0.1, -0.05) is 18.2 Å². The Labute approximate surface area is 166 Å². The van der Waals surface area contributed by atoms with Crippen molar-refractivity contribution < 1.29 is 4.79 Å². The molecule has 1 saturated heterocycles. The van der Waals surface area contributed by atoms with E-state index in [1.807, 2.05) is 29.3 Å². The van der Waals surface area contributed by atoms with Crippen molar-refractivity contribution in [1.82, 2.24) is 19.4 Å². The van der Waals surface area contributed by atoms with E-state index in [1.165, 1.54) is 0 Å². The molecule has 2 aromatic rings. The van der Waals surface area contributed by atoms with Crippen LogP contribution >= 0.6 is 11.8 Å². The summed E-state index contributed by atoms with van der Waals surface area (Å²) in [5, 5.41) is 0. The van der Waals surface area contributed by atoms with Gasteiger partial charge in [-0.15, -0.1) is 11.8 Å². The van der Waals surface area contributed by atoms with Gasteiger partial charge in [0.15, 0.2) is 0 Å². The largest absolute Gasteiger partial charge is 0.341 e. The molecule has 1 atom stereocenters. The zero-order valence-corrected chi connectivity index (χ0v) is 17.2. The number of likely N-dealkylation sites (tertiary alicyclic amines) is 1. The molecular formula is C21H30N4OS. The zero-order valence-electron chi connectivity index (χ0n) is 16.4. The van der Waals surface area contributed by atoms with Crippen LogP contribution in [0, 0.1) is 0 Å². The molecule has 0 N–H and O–H groups in total. The number of amides is 1. The van der Waals surface area contributed by atoms with E-state index < -0.39 is 0 Å². The fourth-order valence-electron chi connectivity index (χ4n) is 3.59. The minimum atomic E-state index is 0.235. The molecular weight excluding hydrogens is 356 g/mol. The quantitative estimate of drug-likeness (QED) is 0.653. The van der Waals surface area contributed by atoms with E-state index in [1.54, 1.807) is 11.8 Å². The molecule has 1 aromatic heterocycles. The Morgan fingerprint density at radius 1 is 1.30 bits per heavy atom. The number of thioether (sulfide) groups is 1. The third kappa shape index (κ3) is 5.84. The highest BCUT2D eigenvalue weighted by Gasteiger charge is 2.27. The maximum Gasteiger partial charge on any atom is 0.232 e. The van der Waals surface area contributed by atoms with Crippen LogP contribution in [-0.2, 0) is 11.3 Å². The number of carbonyl (C=O) groups excluding carboxylic acids is 1. The average molecular weight is 387 g/mol. The molecule has 1 amide bonds. The van der Waals surface area contributed by atoms with E-state index in [0.29, 0.717) is 11.7 Å². The van der Waals surface area contributed by atoms with Crippen molar-refractivity contribution in [3.05, 3.63) is 48.5 Å². The van der Waals surface area contributed by atoms with Gasteiger partial charge in [0.05, 0.1) is 5.75 Å². The van der Waals surface area contributed by atoms with Gasteiger partial charge < -0.3 is 14.4 Å². The van der Waals surface area contributed by atoms with Crippen molar-refractivity contribution in [2.24, 2.45) is 0 Å². The number of hydrogen-bond acceptors (Lipinski definition) is 4. The Hall–Kier alpha value is -1.79. The summed E-state index contributed by atoms with van der Waals surface area (Å²) in [6.45, 7) is 3.72. The van der Waals surface area contributed by atoms with Gasteiger partial charge in [0, 0.05) is 42.8 Å². The molecule has 1 aromatic carbocycles. The van der Waals surface area contributed by atoms with Crippen molar-refractivity contribution in [3.8, 4) is 0 Å². The van der Waals surface area contributed by atoms with Crippen LogP contribution in [0.4, 0.5) is 0 Å². The van der Waals surface area contributed by atoms with Crippen molar-refractivity contribution in [3.63, 3.8) is 0 Å². The van der Waals surface area contributed by atoms with E-state index in [-0.39, 0.29) is 5.91 Å². The molecule has 5 nitrogen and oxygen atoms in total. The Balaban J connectivity index is 1.54. The molecule has 1 unspecified atom stereocenters. The van der Waals surface area contributed by atoms with Gasteiger partial charge in [0.2, 0.25) is 5.91 Å². The SMILES string of the molecule is CN(C)CCCn1ccnc1C1CCCN(C(=O)CSc2ccccc2)C1. The zero-order chi connectivity index (χ0) is 19.1. The van der Waals surface area contributed by atoms with Crippen LogP contribution in [-0.4, -0.2) is 64.7 Å². The molecule has 146 valence electrons. The minimum Gasteiger partial charge on any atom is -0.341 e.